The Kier molecular flexibility index (Phi) is 6.30. The number of nitrogens with one attached hydrogen (secondary N) is 2. The molecular weight excluding hydrogens is 326 g/mol. The highest BCUT2D eigenvalue weighted by atomic mass is 79.9. The fourth-order valence-electron chi connectivity index (χ4n) is 1.41. The van der Waals surface area contributed by atoms with Gasteiger partial charge in [0.2, 0.25) is 0 Å². The van der Waals surface area contributed by atoms with E-state index in [0.29, 0.717) is 28.9 Å². The first-order valence-electron chi connectivity index (χ1n) is 6.02. The van der Waals surface area contributed by atoms with E-state index in [1.54, 1.807) is 39.4 Å². The summed E-state index contributed by atoms with van der Waals surface area (Å²) < 4.78 is 5.81. The van der Waals surface area contributed by atoms with Gasteiger partial charge in [0.05, 0.1) is 11.6 Å². The second-order valence-corrected chi connectivity index (χ2v) is 5.09. The van der Waals surface area contributed by atoms with Crippen LogP contribution in [-0.2, 0) is 0 Å². The van der Waals surface area contributed by atoms with Gasteiger partial charge in [0, 0.05) is 32.7 Å². The molecule has 0 aliphatic rings. The maximum atomic E-state index is 11.9. The van der Waals surface area contributed by atoms with Gasteiger partial charge < -0.3 is 20.3 Å². The van der Waals surface area contributed by atoms with Crippen LogP contribution >= 0.6 is 15.9 Å². The first-order valence-corrected chi connectivity index (χ1v) is 6.82. The number of amides is 3. The van der Waals surface area contributed by atoms with E-state index in [2.05, 4.69) is 26.6 Å². The Morgan fingerprint density at radius 1 is 1.25 bits per heavy atom. The minimum Gasteiger partial charge on any atom is -0.496 e. The summed E-state index contributed by atoms with van der Waals surface area (Å²) in [6.45, 7) is 0.738. The molecule has 1 aromatic carbocycles. The van der Waals surface area contributed by atoms with Crippen molar-refractivity contribution in [3.8, 4) is 5.75 Å². The second kappa shape index (κ2) is 7.74. The number of rotatable bonds is 5. The van der Waals surface area contributed by atoms with Gasteiger partial charge in [-0.15, -0.1) is 0 Å². The smallest absolute Gasteiger partial charge is 0.316 e. The van der Waals surface area contributed by atoms with E-state index in [0.717, 1.165) is 0 Å². The van der Waals surface area contributed by atoms with Gasteiger partial charge in [0.1, 0.15) is 5.75 Å². The van der Waals surface area contributed by atoms with Gasteiger partial charge in [-0.1, -0.05) is 0 Å². The number of halogens is 1. The molecule has 0 aromatic heterocycles. The molecule has 1 rings (SSSR count). The van der Waals surface area contributed by atoms with Crippen LogP contribution in [-0.4, -0.2) is 51.1 Å². The number of hydrogen-bond acceptors (Lipinski definition) is 3. The van der Waals surface area contributed by atoms with Crippen LogP contribution in [0.15, 0.2) is 22.7 Å². The van der Waals surface area contributed by atoms with Gasteiger partial charge in [0.25, 0.3) is 5.91 Å². The average molecular weight is 344 g/mol. The molecule has 0 bridgehead atoms. The van der Waals surface area contributed by atoms with Crippen LogP contribution in [0.25, 0.3) is 0 Å². The lowest BCUT2D eigenvalue weighted by atomic mass is 10.2. The van der Waals surface area contributed by atoms with E-state index in [9.17, 15) is 9.59 Å². The SMILES string of the molecule is COc1ccc(C(=O)NCCNC(=O)N(C)C)cc1Br. The minimum absolute atomic E-state index is 0.188. The Bertz CT molecular complexity index is 492. The van der Waals surface area contributed by atoms with E-state index in [1.807, 2.05) is 0 Å². The largest absolute Gasteiger partial charge is 0.496 e. The first-order chi connectivity index (χ1) is 9.45. The number of urea groups is 1. The molecule has 3 amide bonds. The van der Waals surface area contributed by atoms with Crippen molar-refractivity contribution in [2.45, 2.75) is 0 Å². The van der Waals surface area contributed by atoms with Gasteiger partial charge in [-0.25, -0.2) is 4.79 Å². The maximum Gasteiger partial charge on any atom is 0.316 e. The molecule has 0 aliphatic carbocycles. The average Bonchev–Trinajstić information content (AvgIpc) is 2.42. The molecule has 0 heterocycles. The lowest BCUT2D eigenvalue weighted by Crippen LogP contribution is -2.39. The Labute approximate surface area is 126 Å². The van der Waals surface area contributed by atoms with E-state index in [4.69, 9.17) is 4.74 Å². The van der Waals surface area contributed by atoms with Crippen LogP contribution in [0.5, 0.6) is 5.75 Å². The van der Waals surface area contributed by atoms with Crippen LogP contribution in [0.3, 0.4) is 0 Å². The van der Waals surface area contributed by atoms with Crippen molar-refractivity contribution < 1.29 is 14.3 Å². The van der Waals surface area contributed by atoms with Gasteiger partial charge in [-0.3, -0.25) is 4.79 Å². The topological polar surface area (TPSA) is 70.7 Å². The Balaban J connectivity index is 2.43. The summed E-state index contributed by atoms with van der Waals surface area (Å²) in [6.07, 6.45) is 0. The molecule has 0 unspecified atom stereocenters. The molecule has 0 saturated heterocycles. The zero-order valence-electron chi connectivity index (χ0n) is 11.7. The normalized spacial score (nSPS) is 9.80. The van der Waals surface area contributed by atoms with Crippen LogP contribution in [0.1, 0.15) is 10.4 Å². The molecular formula is C13H18BrN3O3. The number of ether oxygens (including phenoxy) is 1. The predicted octanol–water partition coefficient (Wildman–Crippen LogP) is 1.46. The summed E-state index contributed by atoms with van der Waals surface area (Å²) >= 11 is 3.32. The highest BCUT2D eigenvalue weighted by Crippen LogP contribution is 2.25. The third-order valence-electron chi connectivity index (χ3n) is 2.51. The quantitative estimate of drug-likeness (QED) is 0.795. The maximum absolute atomic E-state index is 11.9. The molecule has 0 spiro atoms. The summed E-state index contributed by atoms with van der Waals surface area (Å²) in [5, 5.41) is 5.39. The van der Waals surface area contributed by atoms with Gasteiger partial charge in [-0.05, 0) is 34.1 Å². The van der Waals surface area contributed by atoms with Gasteiger partial charge >= 0.3 is 6.03 Å². The molecule has 0 fully saturated rings. The van der Waals surface area contributed by atoms with E-state index in [-0.39, 0.29) is 11.9 Å². The number of nitrogens with zero attached hydrogens (tertiary/aromatic N) is 1. The van der Waals surface area contributed by atoms with Crippen LogP contribution < -0.4 is 15.4 Å². The van der Waals surface area contributed by atoms with Crippen molar-refractivity contribution >= 4 is 27.9 Å². The monoisotopic (exact) mass is 343 g/mol. The van der Waals surface area contributed by atoms with Crippen molar-refractivity contribution in [3.63, 3.8) is 0 Å². The van der Waals surface area contributed by atoms with Crippen molar-refractivity contribution in [1.82, 2.24) is 15.5 Å². The fraction of sp³-hybridized carbons (Fsp3) is 0.385. The van der Waals surface area contributed by atoms with E-state index < -0.39 is 0 Å². The minimum atomic E-state index is -0.201. The van der Waals surface area contributed by atoms with Crippen LogP contribution in [0.2, 0.25) is 0 Å². The number of carbonyl (C=O) groups excluding carboxylic acids is 2. The summed E-state index contributed by atoms with van der Waals surface area (Å²) in [7, 11) is 4.87. The molecule has 0 atom stereocenters. The molecule has 0 radical (unpaired) electrons. The van der Waals surface area contributed by atoms with Crippen molar-refractivity contribution in [2.75, 3.05) is 34.3 Å². The number of carbonyl (C=O) groups is 2. The Hall–Kier alpha value is -1.76. The molecule has 7 heteroatoms. The number of hydrogen-bond donors (Lipinski definition) is 2. The first kappa shape index (κ1) is 16.3. The van der Waals surface area contributed by atoms with Crippen LogP contribution in [0, 0.1) is 0 Å². The van der Waals surface area contributed by atoms with E-state index >= 15 is 0 Å². The third-order valence-corrected chi connectivity index (χ3v) is 3.13. The van der Waals surface area contributed by atoms with E-state index in [1.165, 1.54) is 4.90 Å². The molecule has 0 saturated carbocycles. The van der Waals surface area contributed by atoms with Crippen LogP contribution in [0.4, 0.5) is 4.79 Å². The molecule has 6 nitrogen and oxygen atoms in total. The predicted molar refractivity (Wildman–Crippen MR) is 80.1 cm³/mol. The number of benzene rings is 1. The molecule has 110 valence electrons. The molecule has 2 N–H and O–H groups in total. The van der Waals surface area contributed by atoms with Crippen molar-refractivity contribution in [2.24, 2.45) is 0 Å². The van der Waals surface area contributed by atoms with Crippen molar-refractivity contribution in [1.29, 1.82) is 0 Å². The summed E-state index contributed by atoms with van der Waals surface area (Å²) in [5.74, 6) is 0.465. The zero-order valence-corrected chi connectivity index (χ0v) is 13.3. The Morgan fingerprint density at radius 2 is 1.90 bits per heavy atom. The second-order valence-electron chi connectivity index (χ2n) is 4.23. The molecule has 20 heavy (non-hydrogen) atoms. The summed E-state index contributed by atoms with van der Waals surface area (Å²) in [4.78, 5) is 24.6. The number of methoxy groups -OCH3 is 1. The Morgan fingerprint density at radius 3 is 2.45 bits per heavy atom. The highest BCUT2D eigenvalue weighted by Gasteiger charge is 2.08. The lowest BCUT2D eigenvalue weighted by molar-refractivity contribution is 0.0953. The zero-order chi connectivity index (χ0) is 15.1. The highest BCUT2D eigenvalue weighted by molar-refractivity contribution is 9.10. The molecule has 1 aromatic rings. The fourth-order valence-corrected chi connectivity index (χ4v) is 1.95. The van der Waals surface area contributed by atoms with Gasteiger partial charge in [-0.2, -0.15) is 0 Å². The summed E-state index contributed by atoms with van der Waals surface area (Å²) in [6, 6.07) is 4.89. The molecule has 0 aliphatic heterocycles. The standard InChI is InChI=1S/C13H18BrN3O3/c1-17(2)13(19)16-7-6-15-12(18)9-4-5-11(20-3)10(14)8-9/h4-5,8H,6-7H2,1-3H3,(H,15,18)(H,16,19). The third kappa shape index (κ3) is 4.73. The summed E-state index contributed by atoms with van der Waals surface area (Å²) in [5.41, 5.74) is 0.525. The van der Waals surface area contributed by atoms with Crippen molar-refractivity contribution in [3.05, 3.63) is 28.2 Å². The van der Waals surface area contributed by atoms with Gasteiger partial charge in [0.15, 0.2) is 0 Å². The lowest BCUT2D eigenvalue weighted by Gasteiger charge is -2.12.